The quantitative estimate of drug-likeness (QED) is 0.816. The molecule has 0 spiro atoms. The van der Waals surface area contributed by atoms with Gasteiger partial charge in [0.05, 0.1) is 7.11 Å². The number of hydrogen-bond donors (Lipinski definition) is 1. The van der Waals surface area contributed by atoms with Crippen molar-refractivity contribution >= 4 is 5.97 Å². The minimum Gasteiger partial charge on any atom is -0.468 e. The molecule has 1 aromatic carbocycles. The van der Waals surface area contributed by atoms with Crippen LogP contribution in [0.1, 0.15) is 30.5 Å². The molecule has 1 aromatic rings. The highest BCUT2D eigenvalue weighted by Crippen LogP contribution is 2.30. The second-order valence-corrected chi connectivity index (χ2v) is 4.97. The molecular formula is C14H21NO2. The fourth-order valence-corrected chi connectivity index (χ4v) is 2.04. The number of carbonyl (C=O) groups excluding carboxylic acids is 1. The summed E-state index contributed by atoms with van der Waals surface area (Å²) in [5.74, 6) is -0.379. The van der Waals surface area contributed by atoms with E-state index in [0.29, 0.717) is 0 Å². The zero-order valence-electron chi connectivity index (χ0n) is 11.2. The summed E-state index contributed by atoms with van der Waals surface area (Å²) in [5, 5.41) is 0. The summed E-state index contributed by atoms with van der Waals surface area (Å²) in [6.45, 7) is 8.04. The fourth-order valence-electron chi connectivity index (χ4n) is 2.04. The molecule has 94 valence electrons. The van der Waals surface area contributed by atoms with Crippen LogP contribution < -0.4 is 5.73 Å². The Balaban J connectivity index is 3.21. The molecule has 0 aliphatic rings. The molecular weight excluding hydrogens is 214 g/mol. The van der Waals surface area contributed by atoms with Gasteiger partial charge in [0.15, 0.2) is 0 Å². The van der Waals surface area contributed by atoms with Crippen molar-refractivity contribution in [1.82, 2.24) is 0 Å². The second-order valence-electron chi connectivity index (χ2n) is 4.97. The van der Waals surface area contributed by atoms with E-state index in [1.165, 1.54) is 18.2 Å². The second kappa shape index (κ2) is 4.88. The first-order chi connectivity index (χ1) is 7.82. The molecule has 0 aromatic heterocycles. The lowest BCUT2D eigenvalue weighted by Gasteiger charge is -2.32. The van der Waals surface area contributed by atoms with Crippen molar-refractivity contribution in [3.8, 4) is 0 Å². The van der Waals surface area contributed by atoms with Gasteiger partial charge in [-0.3, -0.25) is 4.79 Å². The van der Waals surface area contributed by atoms with E-state index >= 15 is 0 Å². The smallest absolute Gasteiger partial charge is 0.323 e. The number of ether oxygens (including phenoxy) is 1. The Bertz CT molecular complexity index is 424. The molecule has 2 N–H and O–H groups in total. The van der Waals surface area contributed by atoms with E-state index in [1.54, 1.807) is 0 Å². The summed E-state index contributed by atoms with van der Waals surface area (Å²) in [7, 11) is 1.36. The number of methoxy groups -OCH3 is 1. The molecule has 0 heterocycles. The van der Waals surface area contributed by atoms with Crippen molar-refractivity contribution in [2.75, 3.05) is 7.11 Å². The molecule has 1 atom stereocenters. The van der Waals surface area contributed by atoms with Gasteiger partial charge in [0.1, 0.15) is 6.04 Å². The molecule has 1 unspecified atom stereocenters. The van der Waals surface area contributed by atoms with E-state index < -0.39 is 11.5 Å². The van der Waals surface area contributed by atoms with Crippen LogP contribution in [-0.2, 0) is 14.9 Å². The molecule has 0 bridgehead atoms. The van der Waals surface area contributed by atoms with E-state index in [2.05, 4.69) is 19.9 Å². The standard InChI is InChI=1S/C14H21NO2/c1-9-7-6-8-11(10(9)2)14(3,4)12(15)13(16)17-5/h6-8,12H,15H2,1-5H3. The maximum absolute atomic E-state index is 11.6. The summed E-state index contributed by atoms with van der Waals surface area (Å²) in [6.07, 6.45) is 0. The lowest BCUT2D eigenvalue weighted by Crippen LogP contribution is -2.47. The van der Waals surface area contributed by atoms with E-state index in [4.69, 9.17) is 10.5 Å². The molecule has 17 heavy (non-hydrogen) atoms. The topological polar surface area (TPSA) is 52.3 Å². The van der Waals surface area contributed by atoms with E-state index in [-0.39, 0.29) is 5.97 Å². The number of esters is 1. The number of benzene rings is 1. The van der Waals surface area contributed by atoms with Crippen molar-refractivity contribution in [3.63, 3.8) is 0 Å². The summed E-state index contributed by atoms with van der Waals surface area (Å²) in [4.78, 5) is 11.6. The number of rotatable bonds is 3. The van der Waals surface area contributed by atoms with Crippen molar-refractivity contribution in [2.45, 2.75) is 39.2 Å². The number of nitrogens with two attached hydrogens (primary N) is 1. The summed E-state index contributed by atoms with van der Waals surface area (Å²) < 4.78 is 4.73. The highest BCUT2D eigenvalue weighted by atomic mass is 16.5. The van der Waals surface area contributed by atoms with Crippen LogP contribution >= 0.6 is 0 Å². The van der Waals surface area contributed by atoms with Crippen molar-refractivity contribution in [3.05, 3.63) is 34.9 Å². The monoisotopic (exact) mass is 235 g/mol. The van der Waals surface area contributed by atoms with Gasteiger partial charge in [-0.25, -0.2) is 0 Å². The summed E-state index contributed by atoms with van der Waals surface area (Å²) >= 11 is 0. The molecule has 0 aliphatic heterocycles. The lowest BCUT2D eigenvalue weighted by atomic mass is 9.75. The molecule has 3 heteroatoms. The maximum atomic E-state index is 11.6. The first-order valence-electron chi connectivity index (χ1n) is 5.72. The normalized spacial score (nSPS) is 13.3. The van der Waals surface area contributed by atoms with Gasteiger partial charge in [-0.15, -0.1) is 0 Å². The van der Waals surface area contributed by atoms with Gasteiger partial charge in [0, 0.05) is 5.41 Å². The third-order valence-electron chi connectivity index (χ3n) is 3.53. The number of hydrogen-bond acceptors (Lipinski definition) is 3. The van der Waals surface area contributed by atoms with Crippen molar-refractivity contribution < 1.29 is 9.53 Å². The Kier molecular flexibility index (Phi) is 3.94. The van der Waals surface area contributed by atoms with Gasteiger partial charge in [-0.05, 0) is 30.5 Å². The zero-order valence-corrected chi connectivity index (χ0v) is 11.2. The van der Waals surface area contributed by atoms with Crippen LogP contribution in [-0.4, -0.2) is 19.1 Å². The van der Waals surface area contributed by atoms with E-state index in [0.717, 1.165) is 5.56 Å². The molecule has 0 radical (unpaired) electrons. The predicted octanol–water partition coefficient (Wildman–Crippen LogP) is 2.08. The average Bonchev–Trinajstić information content (AvgIpc) is 2.30. The van der Waals surface area contributed by atoms with Gasteiger partial charge in [0.25, 0.3) is 0 Å². The van der Waals surface area contributed by atoms with Crippen LogP contribution in [0.25, 0.3) is 0 Å². The van der Waals surface area contributed by atoms with Crippen LogP contribution in [0.4, 0.5) is 0 Å². The predicted molar refractivity (Wildman–Crippen MR) is 68.9 cm³/mol. The van der Waals surface area contributed by atoms with E-state index in [9.17, 15) is 4.79 Å². The first kappa shape index (κ1) is 13.7. The average molecular weight is 235 g/mol. The SMILES string of the molecule is COC(=O)C(N)C(C)(C)c1cccc(C)c1C. The largest absolute Gasteiger partial charge is 0.468 e. The number of aryl methyl sites for hydroxylation is 1. The molecule has 0 fully saturated rings. The Morgan fingerprint density at radius 2 is 1.94 bits per heavy atom. The summed E-state index contributed by atoms with van der Waals surface area (Å²) in [6, 6.07) is 5.40. The molecule has 3 nitrogen and oxygen atoms in total. The van der Waals surface area contributed by atoms with Crippen molar-refractivity contribution in [2.24, 2.45) is 5.73 Å². The Hall–Kier alpha value is -1.35. The first-order valence-corrected chi connectivity index (χ1v) is 5.72. The van der Waals surface area contributed by atoms with E-state index in [1.807, 2.05) is 26.0 Å². The van der Waals surface area contributed by atoms with Crippen LogP contribution in [0, 0.1) is 13.8 Å². The minimum absolute atomic E-state index is 0.379. The highest BCUT2D eigenvalue weighted by Gasteiger charge is 2.35. The highest BCUT2D eigenvalue weighted by molar-refractivity contribution is 5.77. The fraction of sp³-hybridized carbons (Fsp3) is 0.500. The molecule has 0 saturated heterocycles. The molecule has 0 aliphatic carbocycles. The zero-order chi connectivity index (χ0) is 13.2. The number of carbonyl (C=O) groups is 1. The Morgan fingerprint density at radius 3 is 2.47 bits per heavy atom. The minimum atomic E-state index is -0.659. The van der Waals surface area contributed by atoms with Gasteiger partial charge in [-0.2, -0.15) is 0 Å². The Labute approximate surface area is 103 Å². The molecule has 0 saturated carbocycles. The van der Waals surface area contributed by atoms with Crippen molar-refractivity contribution in [1.29, 1.82) is 0 Å². The maximum Gasteiger partial charge on any atom is 0.323 e. The van der Waals surface area contributed by atoms with Gasteiger partial charge in [0.2, 0.25) is 0 Å². The lowest BCUT2D eigenvalue weighted by molar-refractivity contribution is -0.143. The summed E-state index contributed by atoms with van der Waals surface area (Å²) in [5.41, 5.74) is 9.01. The van der Waals surface area contributed by atoms with Crippen LogP contribution in [0.3, 0.4) is 0 Å². The molecule has 1 rings (SSSR count). The van der Waals surface area contributed by atoms with Gasteiger partial charge < -0.3 is 10.5 Å². The third-order valence-corrected chi connectivity index (χ3v) is 3.53. The van der Waals surface area contributed by atoms with Gasteiger partial charge >= 0.3 is 5.97 Å². The van der Waals surface area contributed by atoms with Crippen LogP contribution in [0.2, 0.25) is 0 Å². The molecule has 0 amide bonds. The van der Waals surface area contributed by atoms with Crippen LogP contribution in [0.5, 0.6) is 0 Å². The van der Waals surface area contributed by atoms with Gasteiger partial charge in [-0.1, -0.05) is 32.0 Å². The Morgan fingerprint density at radius 1 is 1.35 bits per heavy atom. The third kappa shape index (κ3) is 2.50. The van der Waals surface area contributed by atoms with Crippen LogP contribution in [0.15, 0.2) is 18.2 Å².